The number of benzene rings is 1. The first-order valence-electron chi connectivity index (χ1n) is 7.80. The van der Waals surface area contributed by atoms with Gasteiger partial charge in [0.25, 0.3) is 0 Å². The van der Waals surface area contributed by atoms with Gasteiger partial charge in [0, 0.05) is 13.1 Å². The van der Waals surface area contributed by atoms with E-state index in [0.29, 0.717) is 26.1 Å². The van der Waals surface area contributed by atoms with Crippen LogP contribution in [0.2, 0.25) is 0 Å². The van der Waals surface area contributed by atoms with E-state index >= 15 is 0 Å². The van der Waals surface area contributed by atoms with Gasteiger partial charge in [-0.25, -0.2) is 0 Å². The molecular formula is C17H24N2O3. The number of carbonyl (C=O) groups excluding carboxylic acids is 2. The highest BCUT2D eigenvalue weighted by atomic mass is 16.5. The summed E-state index contributed by atoms with van der Waals surface area (Å²) in [6.45, 7) is 5.71. The zero-order valence-electron chi connectivity index (χ0n) is 13.2. The minimum absolute atomic E-state index is 0.0308. The summed E-state index contributed by atoms with van der Waals surface area (Å²) < 4.78 is 5.58. The maximum absolute atomic E-state index is 12.4. The highest BCUT2D eigenvalue weighted by Gasteiger charge is 2.35. The van der Waals surface area contributed by atoms with Crippen molar-refractivity contribution in [3.05, 3.63) is 29.8 Å². The summed E-state index contributed by atoms with van der Waals surface area (Å²) in [5, 5.41) is 0. The molecule has 2 N–H and O–H groups in total. The Balaban J connectivity index is 1.96. The largest absolute Gasteiger partial charge is 0.494 e. The maximum Gasteiger partial charge on any atom is 0.227 e. The first kappa shape index (κ1) is 16.3. The van der Waals surface area contributed by atoms with Crippen LogP contribution in [0.25, 0.3) is 0 Å². The molecule has 0 aliphatic carbocycles. The molecule has 1 aromatic carbocycles. The second-order valence-electron chi connectivity index (χ2n) is 5.96. The van der Waals surface area contributed by atoms with Crippen LogP contribution in [0.5, 0.6) is 5.75 Å². The molecule has 0 spiro atoms. The molecule has 1 heterocycles. The molecule has 120 valence electrons. The van der Waals surface area contributed by atoms with Crippen LogP contribution in [0.1, 0.15) is 25.8 Å². The molecule has 1 saturated heterocycles. The number of carbonyl (C=O) groups is 2. The summed E-state index contributed by atoms with van der Waals surface area (Å²) in [6, 6.07) is 7.61. The number of rotatable bonds is 6. The minimum Gasteiger partial charge on any atom is -0.494 e. The van der Waals surface area contributed by atoms with Gasteiger partial charge in [-0.05, 0) is 30.0 Å². The molecule has 5 heteroatoms. The molecule has 1 aromatic rings. The Morgan fingerprint density at radius 3 is 2.77 bits per heavy atom. The molecule has 2 rings (SSSR count). The zero-order valence-corrected chi connectivity index (χ0v) is 13.2. The number of nitrogens with zero attached hydrogens (tertiary/aromatic N) is 1. The second-order valence-corrected chi connectivity index (χ2v) is 5.96. The fraction of sp³-hybridized carbons (Fsp3) is 0.529. The molecule has 2 atom stereocenters. The predicted octanol–water partition coefficient (Wildman–Crippen LogP) is 1.60. The van der Waals surface area contributed by atoms with Gasteiger partial charge in [-0.3, -0.25) is 9.59 Å². The molecule has 1 fully saturated rings. The lowest BCUT2D eigenvalue weighted by Gasteiger charge is -2.16. The van der Waals surface area contributed by atoms with Crippen LogP contribution >= 0.6 is 0 Å². The lowest BCUT2D eigenvalue weighted by Crippen LogP contribution is -2.32. The Morgan fingerprint density at radius 1 is 1.36 bits per heavy atom. The molecule has 0 aromatic heterocycles. The van der Waals surface area contributed by atoms with Gasteiger partial charge in [0.2, 0.25) is 11.8 Å². The van der Waals surface area contributed by atoms with E-state index in [1.807, 2.05) is 31.2 Å². The molecule has 1 aliphatic heterocycles. The molecule has 1 aliphatic rings. The molecule has 0 unspecified atom stereocenters. The second kappa shape index (κ2) is 7.29. The van der Waals surface area contributed by atoms with Crippen LogP contribution < -0.4 is 10.5 Å². The van der Waals surface area contributed by atoms with Gasteiger partial charge < -0.3 is 15.4 Å². The summed E-state index contributed by atoms with van der Waals surface area (Å²) >= 11 is 0. The highest BCUT2D eigenvalue weighted by Crippen LogP contribution is 2.23. The van der Waals surface area contributed by atoms with E-state index in [1.54, 1.807) is 4.90 Å². The first-order valence-corrected chi connectivity index (χ1v) is 7.80. The number of nitrogens with two attached hydrogens (primary N) is 1. The number of amides is 2. The minimum atomic E-state index is -0.322. The van der Waals surface area contributed by atoms with Gasteiger partial charge in [0.15, 0.2) is 0 Å². The van der Waals surface area contributed by atoms with Gasteiger partial charge in [-0.1, -0.05) is 26.0 Å². The van der Waals surface area contributed by atoms with Crippen LogP contribution in [0.3, 0.4) is 0 Å². The summed E-state index contributed by atoms with van der Waals surface area (Å²) in [7, 11) is 0. The topological polar surface area (TPSA) is 72.6 Å². The number of hydrogen-bond acceptors (Lipinski definition) is 3. The Labute approximate surface area is 131 Å². The summed E-state index contributed by atoms with van der Waals surface area (Å²) in [5.41, 5.74) is 6.30. The normalized spacial score (nSPS) is 20.9. The molecule has 0 saturated carbocycles. The monoisotopic (exact) mass is 304 g/mol. The Bertz CT molecular complexity index is 544. The van der Waals surface area contributed by atoms with Gasteiger partial charge >= 0.3 is 0 Å². The average molecular weight is 304 g/mol. The van der Waals surface area contributed by atoms with Crippen LogP contribution in [0, 0.1) is 11.8 Å². The van der Waals surface area contributed by atoms with E-state index in [9.17, 15) is 9.59 Å². The standard InChI is InChI=1S/C17H24N2O3/c1-3-7-22-14-6-4-5-13(8-14)9-16(20)19-10-12(2)15(11-19)17(18)21/h4-6,8,12,15H,3,7,9-11H2,1-2H3,(H2,18,21)/t12-,15-/m1/s1. The van der Waals surface area contributed by atoms with Crippen molar-refractivity contribution in [3.63, 3.8) is 0 Å². The van der Waals surface area contributed by atoms with Crippen LogP contribution in [-0.2, 0) is 16.0 Å². The van der Waals surface area contributed by atoms with Crippen molar-refractivity contribution >= 4 is 11.8 Å². The fourth-order valence-corrected chi connectivity index (χ4v) is 2.79. The third-order valence-corrected chi connectivity index (χ3v) is 4.06. The molecule has 5 nitrogen and oxygen atoms in total. The van der Waals surface area contributed by atoms with E-state index in [2.05, 4.69) is 6.92 Å². The molecule has 2 amide bonds. The third-order valence-electron chi connectivity index (χ3n) is 4.06. The maximum atomic E-state index is 12.4. The Morgan fingerprint density at radius 2 is 2.14 bits per heavy atom. The van der Waals surface area contributed by atoms with Crippen molar-refractivity contribution in [2.45, 2.75) is 26.7 Å². The number of ether oxygens (including phenoxy) is 1. The summed E-state index contributed by atoms with van der Waals surface area (Å²) in [6.07, 6.45) is 1.27. The number of primary amides is 1. The average Bonchev–Trinajstić information content (AvgIpc) is 2.88. The Kier molecular flexibility index (Phi) is 5.41. The fourth-order valence-electron chi connectivity index (χ4n) is 2.79. The van der Waals surface area contributed by atoms with Crippen molar-refractivity contribution in [2.24, 2.45) is 17.6 Å². The van der Waals surface area contributed by atoms with E-state index in [1.165, 1.54) is 0 Å². The van der Waals surface area contributed by atoms with E-state index < -0.39 is 0 Å². The molecule has 22 heavy (non-hydrogen) atoms. The molecule has 0 radical (unpaired) electrons. The van der Waals surface area contributed by atoms with Gasteiger partial charge in [0.1, 0.15) is 5.75 Å². The van der Waals surface area contributed by atoms with E-state index in [4.69, 9.17) is 10.5 Å². The van der Waals surface area contributed by atoms with Gasteiger partial charge in [-0.2, -0.15) is 0 Å². The van der Waals surface area contributed by atoms with Gasteiger partial charge in [0.05, 0.1) is 18.9 Å². The van der Waals surface area contributed by atoms with E-state index in [0.717, 1.165) is 17.7 Å². The van der Waals surface area contributed by atoms with Crippen LogP contribution in [0.15, 0.2) is 24.3 Å². The lowest BCUT2D eigenvalue weighted by molar-refractivity contribution is -0.129. The molecular weight excluding hydrogens is 280 g/mol. The van der Waals surface area contributed by atoms with E-state index in [-0.39, 0.29) is 23.7 Å². The van der Waals surface area contributed by atoms with Crippen molar-refractivity contribution < 1.29 is 14.3 Å². The number of hydrogen-bond donors (Lipinski definition) is 1. The van der Waals surface area contributed by atoms with Crippen molar-refractivity contribution in [3.8, 4) is 5.75 Å². The van der Waals surface area contributed by atoms with Crippen LogP contribution in [-0.4, -0.2) is 36.4 Å². The first-order chi connectivity index (χ1) is 10.5. The van der Waals surface area contributed by atoms with Crippen molar-refractivity contribution in [2.75, 3.05) is 19.7 Å². The Hall–Kier alpha value is -2.04. The summed E-state index contributed by atoms with van der Waals surface area (Å²) in [4.78, 5) is 25.5. The van der Waals surface area contributed by atoms with Crippen LogP contribution in [0.4, 0.5) is 0 Å². The van der Waals surface area contributed by atoms with Gasteiger partial charge in [-0.15, -0.1) is 0 Å². The number of likely N-dealkylation sites (tertiary alicyclic amines) is 1. The predicted molar refractivity (Wildman–Crippen MR) is 84.4 cm³/mol. The SMILES string of the molecule is CCCOc1cccc(CC(=O)N2C[C@@H](C)[C@H](C(N)=O)C2)c1. The molecule has 0 bridgehead atoms. The lowest BCUT2D eigenvalue weighted by atomic mass is 9.98. The van der Waals surface area contributed by atoms with Crippen molar-refractivity contribution in [1.82, 2.24) is 4.90 Å². The zero-order chi connectivity index (χ0) is 16.1. The quantitative estimate of drug-likeness (QED) is 0.867. The third kappa shape index (κ3) is 4.00. The summed E-state index contributed by atoms with van der Waals surface area (Å²) in [5.74, 6) is 0.391. The smallest absolute Gasteiger partial charge is 0.227 e. The highest BCUT2D eigenvalue weighted by molar-refractivity contribution is 5.82. The van der Waals surface area contributed by atoms with Crippen molar-refractivity contribution in [1.29, 1.82) is 0 Å².